The van der Waals surface area contributed by atoms with Crippen molar-refractivity contribution in [2.45, 2.75) is 45.4 Å². The van der Waals surface area contributed by atoms with Gasteiger partial charge in [-0.1, -0.05) is 13.3 Å². The minimum absolute atomic E-state index is 0.319. The molecular weight excluding hydrogens is 286 g/mol. The first-order valence-electron chi connectivity index (χ1n) is 8.17. The molecule has 0 N–H and O–H groups in total. The molecule has 2 aliphatic heterocycles. The highest BCUT2D eigenvalue weighted by atomic mass is 35.5. The summed E-state index contributed by atoms with van der Waals surface area (Å²) in [6.07, 6.45) is 7.48. The molecule has 5 nitrogen and oxygen atoms in total. The van der Waals surface area contributed by atoms with Crippen LogP contribution in [-0.2, 0) is 0 Å². The van der Waals surface area contributed by atoms with Crippen molar-refractivity contribution in [3.63, 3.8) is 0 Å². The van der Waals surface area contributed by atoms with Crippen molar-refractivity contribution < 1.29 is 0 Å². The maximum atomic E-state index is 6.13. The summed E-state index contributed by atoms with van der Waals surface area (Å²) in [5.41, 5.74) is 0. The van der Waals surface area contributed by atoms with E-state index in [1.807, 2.05) is 0 Å². The molecule has 0 spiro atoms. The minimum atomic E-state index is 0.319. The molecular formula is C15H24ClN5. The molecule has 2 saturated heterocycles. The monoisotopic (exact) mass is 309 g/mol. The Labute approximate surface area is 131 Å². The molecule has 1 aromatic heterocycles. The summed E-state index contributed by atoms with van der Waals surface area (Å²) in [7, 11) is 0. The lowest BCUT2D eigenvalue weighted by atomic mass is 10.0. The number of halogens is 1. The van der Waals surface area contributed by atoms with E-state index in [-0.39, 0.29) is 0 Å². The molecule has 1 atom stereocenters. The topological polar surface area (TPSA) is 45.2 Å². The second-order valence-electron chi connectivity index (χ2n) is 6.14. The Balaban J connectivity index is 1.75. The highest BCUT2D eigenvalue weighted by Crippen LogP contribution is 2.26. The molecule has 3 heterocycles. The van der Waals surface area contributed by atoms with E-state index in [0.717, 1.165) is 44.0 Å². The number of nitrogens with zero attached hydrogens (tertiary/aromatic N) is 5. The minimum Gasteiger partial charge on any atom is -0.341 e. The third-order valence-corrected chi connectivity index (χ3v) is 4.66. The lowest BCUT2D eigenvalue weighted by Crippen LogP contribution is -2.32. The van der Waals surface area contributed by atoms with Crippen LogP contribution in [0.15, 0.2) is 0 Å². The number of aromatic nitrogens is 3. The number of anilines is 2. The maximum absolute atomic E-state index is 6.13. The van der Waals surface area contributed by atoms with Crippen LogP contribution in [0.5, 0.6) is 0 Å². The Morgan fingerprint density at radius 1 is 1.00 bits per heavy atom. The van der Waals surface area contributed by atoms with Crippen LogP contribution in [0.25, 0.3) is 0 Å². The highest BCUT2D eigenvalue weighted by Gasteiger charge is 2.25. The molecule has 2 aliphatic rings. The number of rotatable bonds is 4. The summed E-state index contributed by atoms with van der Waals surface area (Å²) in [6, 6.07) is 0. The number of hydrogen-bond acceptors (Lipinski definition) is 5. The van der Waals surface area contributed by atoms with Crippen LogP contribution in [0, 0.1) is 5.92 Å². The van der Waals surface area contributed by atoms with Gasteiger partial charge in [0.15, 0.2) is 0 Å². The van der Waals surface area contributed by atoms with Gasteiger partial charge in [0, 0.05) is 26.2 Å². The van der Waals surface area contributed by atoms with Crippen molar-refractivity contribution in [2.75, 3.05) is 36.0 Å². The molecule has 0 radical (unpaired) electrons. The molecule has 116 valence electrons. The van der Waals surface area contributed by atoms with Gasteiger partial charge in [0.25, 0.3) is 0 Å². The quantitative estimate of drug-likeness (QED) is 0.855. The summed E-state index contributed by atoms with van der Waals surface area (Å²) in [6.45, 7) is 6.38. The van der Waals surface area contributed by atoms with Crippen molar-refractivity contribution in [1.29, 1.82) is 0 Å². The van der Waals surface area contributed by atoms with E-state index in [2.05, 4.69) is 31.7 Å². The molecule has 1 unspecified atom stereocenters. The summed E-state index contributed by atoms with van der Waals surface area (Å²) >= 11 is 6.13. The SMILES string of the molecule is CCCC1CCN(c2nc(Cl)nc(N3CCCCC3)n2)C1. The Kier molecular flexibility index (Phi) is 4.78. The largest absolute Gasteiger partial charge is 0.341 e. The Morgan fingerprint density at radius 2 is 1.71 bits per heavy atom. The summed E-state index contributed by atoms with van der Waals surface area (Å²) in [5.74, 6) is 2.28. The van der Waals surface area contributed by atoms with Crippen molar-refractivity contribution >= 4 is 23.5 Å². The maximum Gasteiger partial charge on any atom is 0.231 e. The van der Waals surface area contributed by atoms with Crippen molar-refractivity contribution in [2.24, 2.45) is 5.92 Å². The van der Waals surface area contributed by atoms with Gasteiger partial charge in [-0.25, -0.2) is 0 Å². The highest BCUT2D eigenvalue weighted by molar-refractivity contribution is 6.28. The lowest BCUT2D eigenvalue weighted by molar-refractivity contribution is 0.529. The standard InChI is InChI=1S/C15H24ClN5/c1-2-6-12-7-10-21(11-12)15-18-13(16)17-14(19-15)20-8-4-3-5-9-20/h12H,2-11H2,1H3. The van der Waals surface area contributed by atoms with Gasteiger partial charge in [-0.3, -0.25) is 0 Å². The fourth-order valence-electron chi connectivity index (χ4n) is 3.36. The van der Waals surface area contributed by atoms with E-state index in [1.54, 1.807) is 0 Å². The number of hydrogen-bond donors (Lipinski definition) is 0. The molecule has 0 aromatic carbocycles. The Morgan fingerprint density at radius 3 is 2.43 bits per heavy atom. The van der Waals surface area contributed by atoms with Crippen LogP contribution >= 0.6 is 11.6 Å². The van der Waals surface area contributed by atoms with Crippen LogP contribution in [0.2, 0.25) is 5.28 Å². The molecule has 21 heavy (non-hydrogen) atoms. The lowest BCUT2D eigenvalue weighted by Gasteiger charge is -2.27. The molecule has 6 heteroatoms. The number of piperidine rings is 1. The fourth-order valence-corrected chi connectivity index (χ4v) is 3.52. The average Bonchev–Trinajstić information content (AvgIpc) is 2.97. The van der Waals surface area contributed by atoms with Crippen molar-refractivity contribution in [1.82, 2.24) is 15.0 Å². The first-order chi connectivity index (χ1) is 10.3. The van der Waals surface area contributed by atoms with Crippen molar-refractivity contribution in [3.05, 3.63) is 5.28 Å². The fraction of sp³-hybridized carbons (Fsp3) is 0.800. The second-order valence-corrected chi connectivity index (χ2v) is 6.48. The van der Waals surface area contributed by atoms with Crippen LogP contribution < -0.4 is 9.80 Å². The average molecular weight is 310 g/mol. The van der Waals surface area contributed by atoms with Gasteiger partial charge in [0.1, 0.15) is 0 Å². The van der Waals surface area contributed by atoms with Crippen LogP contribution in [0.3, 0.4) is 0 Å². The summed E-state index contributed by atoms with van der Waals surface area (Å²) in [4.78, 5) is 17.9. The van der Waals surface area contributed by atoms with Crippen molar-refractivity contribution in [3.8, 4) is 0 Å². The van der Waals surface area contributed by atoms with Gasteiger partial charge < -0.3 is 9.80 Å². The van der Waals surface area contributed by atoms with E-state index < -0.39 is 0 Å². The summed E-state index contributed by atoms with van der Waals surface area (Å²) in [5, 5.41) is 0.319. The first kappa shape index (κ1) is 14.8. The van der Waals surface area contributed by atoms with Gasteiger partial charge >= 0.3 is 0 Å². The predicted molar refractivity (Wildman–Crippen MR) is 86.1 cm³/mol. The molecule has 3 rings (SSSR count). The van der Waals surface area contributed by atoms with E-state index in [1.165, 1.54) is 38.5 Å². The van der Waals surface area contributed by atoms with Gasteiger partial charge in [-0.15, -0.1) is 0 Å². The molecule has 0 amide bonds. The zero-order valence-electron chi connectivity index (χ0n) is 12.8. The van der Waals surface area contributed by atoms with Gasteiger partial charge in [-0.05, 0) is 49.6 Å². The van der Waals surface area contributed by atoms with Gasteiger partial charge in [0.05, 0.1) is 0 Å². The van der Waals surface area contributed by atoms with Crippen LogP contribution in [-0.4, -0.2) is 41.1 Å². The third-order valence-electron chi connectivity index (χ3n) is 4.49. The molecule has 0 bridgehead atoms. The molecule has 1 aromatic rings. The Bertz CT molecular complexity index is 475. The second kappa shape index (κ2) is 6.77. The van der Waals surface area contributed by atoms with Crippen LogP contribution in [0.4, 0.5) is 11.9 Å². The zero-order chi connectivity index (χ0) is 14.7. The molecule has 0 aliphatic carbocycles. The predicted octanol–water partition coefficient (Wildman–Crippen LogP) is 3.14. The zero-order valence-corrected chi connectivity index (χ0v) is 13.5. The smallest absolute Gasteiger partial charge is 0.231 e. The van der Waals surface area contributed by atoms with E-state index >= 15 is 0 Å². The van der Waals surface area contributed by atoms with E-state index in [4.69, 9.17) is 11.6 Å². The Hall–Kier alpha value is -1.10. The third kappa shape index (κ3) is 3.57. The van der Waals surface area contributed by atoms with Gasteiger partial charge in [-0.2, -0.15) is 15.0 Å². The van der Waals surface area contributed by atoms with E-state index in [9.17, 15) is 0 Å². The first-order valence-corrected chi connectivity index (χ1v) is 8.55. The molecule has 2 fully saturated rings. The summed E-state index contributed by atoms with van der Waals surface area (Å²) < 4.78 is 0. The molecule has 0 saturated carbocycles. The normalized spacial score (nSPS) is 22.9. The van der Waals surface area contributed by atoms with Crippen LogP contribution in [0.1, 0.15) is 45.4 Å². The van der Waals surface area contributed by atoms with Gasteiger partial charge in [0.2, 0.25) is 17.2 Å². The van der Waals surface area contributed by atoms with E-state index in [0.29, 0.717) is 5.28 Å².